The summed E-state index contributed by atoms with van der Waals surface area (Å²) in [6, 6.07) is 17.9. The summed E-state index contributed by atoms with van der Waals surface area (Å²) >= 11 is 1.54. The summed E-state index contributed by atoms with van der Waals surface area (Å²) < 4.78 is 5.32. The van der Waals surface area contributed by atoms with Crippen LogP contribution in [-0.4, -0.2) is 40.3 Å². The fraction of sp³-hybridized carbons (Fsp3) is 0.250. The Balaban J connectivity index is 1.49. The van der Waals surface area contributed by atoms with Crippen LogP contribution in [0.4, 0.5) is 0 Å². The van der Waals surface area contributed by atoms with Crippen molar-refractivity contribution in [2.75, 3.05) is 19.3 Å². The molecule has 1 heterocycles. The van der Waals surface area contributed by atoms with E-state index in [4.69, 9.17) is 4.52 Å². The second kappa shape index (κ2) is 8.67. The summed E-state index contributed by atoms with van der Waals surface area (Å²) in [5, 5.41) is 4.01. The zero-order chi connectivity index (χ0) is 18.4. The minimum Gasteiger partial charge on any atom is -0.345 e. The molecule has 0 N–H and O–H groups in total. The van der Waals surface area contributed by atoms with E-state index in [0.29, 0.717) is 30.4 Å². The van der Waals surface area contributed by atoms with Gasteiger partial charge in [-0.3, -0.25) is 4.79 Å². The van der Waals surface area contributed by atoms with E-state index in [1.54, 1.807) is 23.7 Å². The Labute approximate surface area is 157 Å². The average Bonchev–Trinajstić information content (AvgIpc) is 3.14. The lowest BCUT2D eigenvalue weighted by molar-refractivity contribution is -0.127. The molecule has 0 aliphatic heterocycles. The number of likely N-dealkylation sites (N-methyl/N-ethyl adjacent to an activating group) is 1. The summed E-state index contributed by atoms with van der Waals surface area (Å²) in [7, 11) is 1.80. The third-order valence-corrected chi connectivity index (χ3v) is 4.97. The Kier molecular flexibility index (Phi) is 6.07. The number of aromatic nitrogens is 2. The molecule has 0 bridgehead atoms. The van der Waals surface area contributed by atoms with Gasteiger partial charge in [0.1, 0.15) is 0 Å². The Morgan fingerprint density at radius 3 is 2.58 bits per heavy atom. The van der Waals surface area contributed by atoms with Gasteiger partial charge in [0.05, 0.1) is 5.75 Å². The molecule has 0 saturated carbocycles. The largest absolute Gasteiger partial charge is 0.345 e. The van der Waals surface area contributed by atoms with Crippen LogP contribution in [0.1, 0.15) is 11.4 Å². The van der Waals surface area contributed by atoms with E-state index >= 15 is 0 Å². The first kappa shape index (κ1) is 18.2. The molecule has 0 fully saturated rings. The Morgan fingerprint density at radius 1 is 1.12 bits per heavy atom. The molecule has 3 rings (SSSR count). The quantitative estimate of drug-likeness (QED) is 0.594. The lowest BCUT2D eigenvalue weighted by Crippen LogP contribution is -2.30. The molecule has 134 valence electrons. The normalized spacial score (nSPS) is 10.7. The SMILES string of the molecule is Cc1ccc(-c2nc(CCN(C)C(=O)CSc3ccccc3)no2)cc1. The highest BCUT2D eigenvalue weighted by Gasteiger charge is 2.13. The highest BCUT2D eigenvalue weighted by Crippen LogP contribution is 2.18. The van der Waals surface area contributed by atoms with Gasteiger partial charge in [-0.05, 0) is 31.2 Å². The fourth-order valence-corrected chi connectivity index (χ4v) is 3.19. The van der Waals surface area contributed by atoms with E-state index in [9.17, 15) is 4.79 Å². The Hall–Kier alpha value is -2.60. The lowest BCUT2D eigenvalue weighted by Gasteiger charge is -2.15. The van der Waals surface area contributed by atoms with Gasteiger partial charge < -0.3 is 9.42 Å². The number of benzene rings is 2. The number of aryl methyl sites for hydroxylation is 1. The van der Waals surface area contributed by atoms with Crippen LogP contribution in [0.3, 0.4) is 0 Å². The zero-order valence-corrected chi connectivity index (χ0v) is 15.7. The second-order valence-corrected chi connectivity index (χ2v) is 7.10. The number of rotatable bonds is 7. The monoisotopic (exact) mass is 367 g/mol. The number of carbonyl (C=O) groups excluding carboxylic acids is 1. The molecule has 1 amide bonds. The predicted octanol–water partition coefficient (Wildman–Crippen LogP) is 3.84. The van der Waals surface area contributed by atoms with Crippen molar-refractivity contribution in [2.45, 2.75) is 18.2 Å². The molecular weight excluding hydrogens is 346 g/mol. The van der Waals surface area contributed by atoms with Gasteiger partial charge >= 0.3 is 0 Å². The summed E-state index contributed by atoms with van der Waals surface area (Å²) in [5.74, 6) is 1.62. The Bertz CT molecular complexity index is 847. The van der Waals surface area contributed by atoms with Crippen LogP contribution in [0.2, 0.25) is 0 Å². The van der Waals surface area contributed by atoms with Crippen LogP contribution < -0.4 is 0 Å². The lowest BCUT2D eigenvalue weighted by atomic mass is 10.1. The molecule has 6 heteroatoms. The summed E-state index contributed by atoms with van der Waals surface area (Å²) in [6.07, 6.45) is 0.563. The van der Waals surface area contributed by atoms with Crippen molar-refractivity contribution < 1.29 is 9.32 Å². The minimum atomic E-state index is 0.0844. The third kappa shape index (κ3) is 4.95. The highest BCUT2D eigenvalue weighted by atomic mass is 32.2. The number of hydrogen-bond acceptors (Lipinski definition) is 5. The van der Waals surface area contributed by atoms with Gasteiger partial charge in [0, 0.05) is 30.5 Å². The van der Waals surface area contributed by atoms with Crippen molar-refractivity contribution in [3.05, 3.63) is 66.0 Å². The number of carbonyl (C=O) groups is 1. The molecule has 0 spiro atoms. The topological polar surface area (TPSA) is 59.2 Å². The second-order valence-electron chi connectivity index (χ2n) is 6.05. The van der Waals surface area contributed by atoms with E-state index in [2.05, 4.69) is 10.1 Å². The molecule has 26 heavy (non-hydrogen) atoms. The molecule has 0 aliphatic rings. The first-order valence-electron chi connectivity index (χ1n) is 8.43. The smallest absolute Gasteiger partial charge is 0.257 e. The maximum atomic E-state index is 12.2. The first-order valence-corrected chi connectivity index (χ1v) is 9.42. The Morgan fingerprint density at radius 2 is 1.85 bits per heavy atom. The van der Waals surface area contributed by atoms with Crippen molar-refractivity contribution in [1.29, 1.82) is 0 Å². The molecular formula is C20H21N3O2S. The molecule has 2 aromatic carbocycles. The standard InChI is InChI=1S/C20H21N3O2S/c1-15-8-10-16(11-9-15)20-21-18(22-25-20)12-13-23(2)19(24)14-26-17-6-4-3-5-7-17/h3-11H,12-14H2,1-2H3. The minimum absolute atomic E-state index is 0.0844. The molecule has 0 saturated heterocycles. The third-order valence-electron chi connectivity index (χ3n) is 3.97. The van der Waals surface area contributed by atoms with Gasteiger partial charge in [0.2, 0.25) is 5.91 Å². The first-order chi connectivity index (χ1) is 12.6. The van der Waals surface area contributed by atoms with E-state index in [1.807, 2.05) is 61.5 Å². The molecule has 0 radical (unpaired) electrons. The van der Waals surface area contributed by atoms with Gasteiger partial charge in [-0.2, -0.15) is 4.98 Å². The van der Waals surface area contributed by atoms with Gasteiger partial charge in [-0.15, -0.1) is 11.8 Å². The number of amides is 1. The van der Waals surface area contributed by atoms with Crippen LogP contribution in [-0.2, 0) is 11.2 Å². The average molecular weight is 367 g/mol. The van der Waals surface area contributed by atoms with Crippen LogP contribution in [0.5, 0.6) is 0 Å². The van der Waals surface area contributed by atoms with E-state index in [0.717, 1.165) is 10.5 Å². The molecule has 1 aromatic heterocycles. The van der Waals surface area contributed by atoms with Gasteiger partial charge in [-0.25, -0.2) is 0 Å². The van der Waals surface area contributed by atoms with Gasteiger partial charge in [0.15, 0.2) is 5.82 Å². The van der Waals surface area contributed by atoms with Crippen molar-refractivity contribution in [3.63, 3.8) is 0 Å². The van der Waals surface area contributed by atoms with Crippen molar-refractivity contribution >= 4 is 17.7 Å². The predicted molar refractivity (Wildman–Crippen MR) is 103 cm³/mol. The summed E-state index contributed by atoms with van der Waals surface area (Å²) in [4.78, 5) is 19.5. The van der Waals surface area contributed by atoms with Crippen LogP contribution in [0.25, 0.3) is 11.5 Å². The molecule has 0 unspecified atom stereocenters. The molecule has 3 aromatic rings. The van der Waals surface area contributed by atoms with Crippen LogP contribution in [0, 0.1) is 6.92 Å². The van der Waals surface area contributed by atoms with Crippen molar-refractivity contribution in [1.82, 2.24) is 15.0 Å². The molecule has 0 aliphatic carbocycles. The van der Waals surface area contributed by atoms with Crippen LogP contribution in [0.15, 0.2) is 64.0 Å². The van der Waals surface area contributed by atoms with Gasteiger partial charge in [-0.1, -0.05) is 41.1 Å². The maximum absolute atomic E-state index is 12.2. The van der Waals surface area contributed by atoms with Gasteiger partial charge in [0.25, 0.3) is 5.89 Å². The highest BCUT2D eigenvalue weighted by molar-refractivity contribution is 8.00. The molecule has 0 atom stereocenters. The van der Waals surface area contributed by atoms with E-state index < -0.39 is 0 Å². The number of hydrogen-bond donors (Lipinski definition) is 0. The number of nitrogens with zero attached hydrogens (tertiary/aromatic N) is 3. The van der Waals surface area contributed by atoms with Crippen molar-refractivity contribution in [3.8, 4) is 11.5 Å². The van der Waals surface area contributed by atoms with E-state index in [1.165, 1.54) is 5.56 Å². The maximum Gasteiger partial charge on any atom is 0.257 e. The summed E-state index contributed by atoms with van der Waals surface area (Å²) in [5.41, 5.74) is 2.08. The fourth-order valence-electron chi connectivity index (χ4n) is 2.33. The molecule has 5 nitrogen and oxygen atoms in total. The van der Waals surface area contributed by atoms with E-state index in [-0.39, 0.29) is 5.91 Å². The summed E-state index contributed by atoms with van der Waals surface area (Å²) in [6.45, 7) is 2.59. The zero-order valence-electron chi connectivity index (χ0n) is 14.9. The van der Waals surface area contributed by atoms with Crippen LogP contribution >= 0.6 is 11.8 Å². The van der Waals surface area contributed by atoms with Crippen molar-refractivity contribution in [2.24, 2.45) is 0 Å². The number of thioether (sulfide) groups is 1.